The minimum absolute atomic E-state index is 0.141. The molecule has 1 fully saturated rings. The summed E-state index contributed by atoms with van der Waals surface area (Å²) in [6.45, 7) is 7.44. The van der Waals surface area contributed by atoms with E-state index >= 15 is 0 Å². The molecule has 0 spiro atoms. The van der Waals surface area contributed by atoms with E-state index in [1.807, 2.05) is 63.2 Å². The fraction of sp³-hybridized carbons (Fsp3) is 0.348. The van der Waals surface area contributed by atoms with Crippen LogP contribution in [0.5, 0.6) is 5.75 Å². The first-order chi connectivity index (χ1) is 29.6. The van der Waals surface area contributed by atoms with Gasteiger partial charge in [0.2, 0.25) is 5.91 Å². The highest BCUT2D eigenvalue weighted by molar-refractivity contribution is 6.09. The molecular formula is C46H50N8O7. The molecule has 1 saturated heterocycles. The van der Waals surface area contributed by atoms with E-state index in [0.29, 0.717) is 36.9 Å². The van der Waals surface area contributed by atoms with E-state index in [-0.39, 0.29) is 30.3 Å². The molecule has 4 N–H and O–H groups in total. The number of nitrogens with one attached hydrogen (secondary N) is 4. The minimum Gasteiger partial charge on any atom is -0.488 e. The highest BCUT2D eigenvalue weighted by Crippen LogP contribution is 2.44. The smallest absolute Gasteiger partial charge is 0.407 e. The SMILES string of the molecule is CCCN(Cc1nc2c(ccc3c4c(ccc32)-c2ccc(-c3cnc([C@@H]5CCCN5C(=O)[C@H](NC(=O)OC)c5ccccc5)[nH]3)cc2CO4)[nH]1)C(=O)[C@@H](NC(=O)OC)C(C)C. The molecular weight excluding hydrogens is 777 g/mol. The number of rotatable bonds is 12. The minimum atomic E-state index is -0.896. The molecule has 8 rings (SSSR count). The predicted octanol–water partition coefficient (Wildman–Crippen LogP) is 7.55. The largest absolute Gasteiger partial charge is 0.488 e. The summed E-state index contributed by atoms with van der Waals surface area (Å²) in [7, 11) is 2.56. The Bertz CT molecular complexity index is 2600. The number of likely N-dealkylation sites (tertiary alicyclic amines) is 1. The van der Waals surface area contributed by atoms with Crippen LogP contribution in [0, 0.1) is 5.92 Å². The standard InChI is InChI=1S/C46H50N8O7/c1-6-20-53(43(55)38(26(2)3)51-45(57)59-4)24-37-48-34-19-18-33-31(40(34)50-37)16-17-32-30-15-14-28(22-29(30)25-61-41(32)33)35-23-47-42(49-35)36-13-10-21-54(36)44(56)39(52-46(58)60-5)27-11-8-7-9-12-27/h7-9,11-12,14-19,22-23,26,36,38-39H,6,10,13,20-21,24-25H2,1-5H3,(H,47,49)(H,48,50)(H,51,57)(H,52,58)/t36-,38-,39+/m0/s1. The van der Waals surface area contributed by atoms with E-state index in [9.17, 15) is 19.2 Å². The van der Waals surface area contributed by atoms with Crippen molar-refractivity contribution in [3.8, 4) is 28.1 Å². The van der Waals surface area contributed by atoms with Crippen molar-refractivity contribution < 1.29 is 33.4 Å². The second-order valence-corrected chi connectivity index (χ2v) is 15.8. The molecule has 4 amide bonds. The molecule has 2 aromatic heterocycles. The number of benzene rings is 4. The summed E-state index contributed by atoms with van der Waals surface area (Å²) in [4.78, 5) is 72.1. The van der Waals surface area contributed by atoms with Crippen LogP contribution in [-0.4, -0.2) is 87.1 Å². The van der Waals surface area contributed by atoms with E-state index in [4.69, 9.17) is 24.2 Å². The highest BCUT2D eigenvalue weighted by Gasteiger charge is 2.37. The molecule has 0 radical (unpaired) electrons. The van der Waals surface area contributed by atoms with Crippen LogP contribution in [0.25, 0.3) is 44.2 Å². The van der Waals surface area contributed by atoms with Gasteiger partial charge in [-0.25, -0.2) is 19.6 Å². The number of fused-ring (bicyclic) bond motifs is 7. The normalized spacial score (nSPS) is 15.4. The van der Waals surface area contributed by atoms with Gasteiger partial charge in [-0.3, -0.25) is 9.59 Å². The molecule has 2 aliphatic rings. The lowest BCUT2D eigenvalue weighted by Gasteiger charge is -2.28. The van der Waals surface area contributed by atoms with Gasteiger partial charge in [0.05, 0.1) is 49.7 Å². The van der Waals surface area contributed by atoms with Crippen LogP contribution in [0.15, 0.2) is 79.0 Å². The summed E-state index contributed by atoms with van der Waals surface area (Å²) in [5.74, 6) is 1.55. The molecule has 4 heterocycles. The van der Waals surface area contributed by atoms with Crippen LogP contribution in [-0.2, 0) is 32.2 Å². The maximum absolute atomic E-state index is 14.0. The Labute approximate surface area is 353 Å². The first-order valence-electron chi connectivity index (χ1n) is 20.7. The Balaban J connectivity index is 1.02. The fourth-order valence-corrected chi connectivity index (χ4v) is 8.49. The zero-order valence-corrected chi connectivity index (χ0v) is 34.9. The molecule has 2 aliphatic heterocycles. The first kappa shape index (κ1) is 40.9. The molecule has 0 unspecified atom stereocenters. The zero-order valence-electron chi connectivity index (χ0n) is 34.9. The maximum atomic E-state index is 14.0. The summed E-state index contributed by atoms with van der Waals surface area (Å²) >= 11 is 0. The Kier molecular flexibility index (Phi) is 11.6. The number of amides is 4. The van der Waals surface area contributed by atoms with Gasteiger partial charge >= 0.3 is 12.2 Å². The number of ether oxygens (including phenoxy) is 3. The number of imidazole rings is 2. The molecule has 0 aliphatic carbocycles. The molecule has 0 bridgehead atoms. The molecule has 61 heavy (non-hydrogen) atoms. The Hall–Kier alpha value is -6.90. The van der Waals surface area contributed by atoms with Crippen molar-refractivity contribution in [2.45, 2.75) is 71.3 Å². The van der Waals surface area contributed by atoms with E-state index in [0.717, 1.165) is 74.8 Å². The quantitative estimate of drug-likeness (QED) is 0.0968. The van der Waals surface area contributed by atoms with E-state index in [2.05, 4.69) is 50.9 Å². The number of carbonyl (C=O) groups excluding carboxylic acids is 4. The van der Waals surface area contributed by atoms with Crippen molar-refractivity contribution in [1.82, 2.24) is 40.4 Å². The van der Waals surface area contributed by atoms with Gasteiger partial charge in [-0.1, -0.05) is 69.3 Å². The second-order valence-electron chi connectivity index (χ2n) is 15.8. The number of aromatic nitrogens is 4. The van der Waals surface area contributed by atoms with Crippen LogP contribution < -0.4 is 15.4 Å². The molecule has 0 saturated carbocycles. The number of methoxy groups -OCH3 is 2. The molecule has 4 aromatic carbocycles. The number of aromatic amines is 2. The van der Waals surface area contributed by atoms with Gasteiger partial charge in [0, 0.05) is 29.4 Å². The average Bonchev–Trinajstić information content (AvgIpc) is 4.07. The summed E-state index contributed by atoms with van der Waals surface area (Å²) < 4.78 is 16.1. The molecule has 3 atom stereocenters. The Morgan fingerprint density at radius 1 is 0.934 bits per heavy atom. The van der Waals surface area contributed by atoms with Gasteiger partial charge in [0.1, 0.15) is 36.1 Å². The summed E-state index contributed by atoms with van der Waals surface area (Å²) in [6.07, 6.45) is 2.75. The van der Waals surface area contributed by atoms with Gasteiger partial charge in [0.25, 0.3) is 5.91 Å². The molecule has 15 nitrogen and oxygen atoms in total. The van der Waals surface area contributed by atoms with E-state index < -0.39 is 24.3 Å². The average molecular weight is 827 g/mol. The van der Waals surface area contributed by atoms with E-state index in [1.54, 1.807) is 16.0 Å². The molecule has 15 heteroatoms. The van der Waals surface area contributed by atoms with Crippen LogP contribution in [0.2, 0.25) is 0 Å². The number of carbonyl (C=O) groups is 4. The second kappa shape index (κ2) is 17.4. The number of hydrogen-bond donors (Lipinski definition) is 4. The fourth-order valence-electron chi connectivity index (χ4n) is 8.49. The van der Waals surface area contributed by atoms with Crippen LogP contribution in [0.1, 0.15) is 74.9 Å². The van der Waals surface area contributed by atoms with Crippen LogP contribution in [0.3, 0.4) is 0 Å². The molecule has 316 valence electrons. The first-order valence-corrected chi connectivity index (χ1v) is 20.7. The Morgan fingerprint density at radius 2 is 1.69 bits per heavy atom. The monoisotopic (exact) mass is 826 g/mol. The third-order valence-electron chi connectivity index (χ3n) is 11.5. The van der Waals surface area contributed by atoms with E-state index in [1.165, 1.54) is 14.2 Å². The van der Waals surface area contributed by atoms with Crippen molar-refractivity contribution in [2.75, 3.05) is 27.3 Å². The Morgan fingerprint density at radius 3 is 2.44 bits per heavy atom. The van der Waals surface area contributed by atoms with Gasteiger partial charge in [-0.2, -0.15) is 0 Å². The summed E-state index contributed by atoms with van der Waals surface area (Å²) in [5.41, 5.74) is 7.14. The third-order valence-corrected chi connectivity index (χ3v) is 11.5. The lowest BCUT2D eigenvalue weighted by atomic mass is 9.92. The number of hydrogen-bond acceptors (Lipinski definition) is 9. The zero-order chi connectivity index (χ0) is 42.8. The van der Waals surface area contributed by atoms with Crippen molar-refractivity contribution in [3.63, 3.8) is 0 Å². The van der Waals surface area contributed by atoms with Gasteiger partial charge in [0.15, 0.2) is 0 Å². The predicted molar refractivity (Wildman–Crippen MR) is 229 cm³/mol. The maximum Gasteiger partial charge on any atom is 0.407 e. The number of H-pyrrole nitrogens is 2. The topological polar surface area (TPSA) is 184 Å². The van der Waals surface area contributed by atoms with Crippen molar-refractivity contribution in [1.29, 1.82) is 0 Å². The van der Waals surface area contributed by atoms with Crippen molar-refractivity contribution in [3.05, 3.63) is 102 Å². The van der Waals surface area contributed by atoms with Gasteiger partial charge in [-0.05, 0) is 71.7 Å². The van der Waals surface area contributed by atoms with Gasteiger partial charge in [-0.15, -0.1) is 0 Å². The third kappa shape index (κ3) is 8.07. The van der Waals surface area contributed by atoms with Gasteiger partial charge < -0.3 is 44.6 Å². The number of nitrogens with zero attached hydrogens (tertiary/aromatic N) is 4. The lowest BCUT2D eigenvalue weighted by Crippen LogP contribution is -2.51. The molecule has 6 aromatic rings. The number of alkyl carbamates (subject to hydrolysis) is 2. The van der Waals surface area contributed by atoms with Crippen LogP contribution >= 0.6 is 0 Å². The summed E-state index contributed by atoms with van der Waals surface area (Å²) in [6, 6.07) is 21.7. The summed E-state index contributed by atoms with van der Waals surface area (Å²) in [5, 5.41) is 7.28. The lowest BCUT2D eigenvalue weighted by molar-refractivity contribution is -0.135. The van der Waals surface area contributed by atoms with Crippen molar-refractivity contribution >= 4 is 45.8 Å². The highest BCUT2D eigenvalue weighted by atomic mass is 16.5. The van der Waals surface area contributed by atoms with Crippen molar-refractivity contribution in [2.24, 2.45) is 5.92 Å². The van der Waals surface area contributed by atoms with Crippen LogP contribution in [0.4, 0.5) is 9.59 Å².